The van der Waals surface area contributed by atoms with E-state index in [2.05, 4.69) is 46.0 Å². The quantitative estimate of drug-likeness (QED) is 0.617. The van der Waals surface area contributed by atoms with Gasteiger partial charge in [0, 0.05) is 39.8 Å². The van der Waals surface area contributed by atoms with E-state index in [9.17, 15) is 0 Å². The Hall–Kier alpha value is -1.57. The van der Waals surface area contributed by atoms with Gasteiger partial charge in [0.25, 0.3) is 0 Å². The van der Waals surface area contributed by atoms with E-state index in [0.29, 0.717) is 11.8 Å². The lowest BCUT2D eigenvalue weighted by Gasteiger charge is -2.37. The topological polar surface area (TPSA) is 65.9 Å². The SMILES string of the molecule is CN=C(NCC1CCC1)N1CCN(c2ncc(Br)c(OC)n2)CC1. The molecule has 7 nitrogen and oxygen atoms in total. The fourth-order valence-corrected chi connectivity index (χ4v) is 3.37. The molecule has 0 amide bonds. The first-order valence-electron chi connectivity index (χ1n) is 8.48. The van der Waals surface area contributed by atoms with Gasteiger partial charge in [-0.25, -0.2) is 4.98 Å². The predicted molar refractivity (Wildman–Crippen MR) is 98.8 cm³/mol. The van der Waals surface area contributed by atoms with Crippen LogP contribution in [0.25, 0.3) is 0 Å². The zero-order chi connectivity index (χ0) is 16.9. The molecule has 1 saturated carbocycles. The van der Waals surface area contributed by atoms with Crippen LogP contribution >= 0.6 is 15.9 Å². The van der Waals surface area contributed by atoms with Crippen molar-refractivity contribution in [2.75, 3.05) is 51.8 Å². The van der Waals surface area contributed by atoms with Crippen molar-refractivity contribution in [2.24, 2.45) is 10.9 Å². The number of halogens is 1. The second-order valence-electron chi connectivity index (χ2n) is 6.23. The summed E-state index contributed by atoms with van der Waals surface area (Å²) in [5.41, 5.74) is 0. The number of guanidine groups is 1. The third kappa shape index (κ3) is 3.91. The van der Waals surface area contributed by atoms with Gasteiger partial charge in [0.15, 0.2) is 5.96 Å². The number of nitrogens with zero attached hydrogens (tertiary/aromatic N) is 5. The summed E-state index contributed by atoms with van der Waals surface area (Å²) in [5.74, 6) is 3.12. The number of anilines is 1. The van der Waals surface area contributed by atoms with Crippen LogP contribution in [0.15, 0.2) is 15.7 Å². The van der Waals surface area contributed by atoms with Gasteiger partial charge in [0.2, 0.25) is 11.8 Å². The molecule has 1 N–H and O–H groups in total. The molecule has 0 atom stereocenters. The van der Waals surface area contributed by atoms with Gasteiger partial charge in [-0.05, 0) is 34.7 Å². The monoisotopic (exact) mass is 396 g/mol. The second-order valence-corrected chi connectivity index (χ2v) is 7.08. The van der Waals surface area contributed by atoms with E-state index < -0.39 is 0 Å². The van der Waals surface area contributed by atoms with Gasteiger partial charge in [-0.2, -0.15) is 4.98 Å². The van der Waals surface area contributed by atoms with Crippen molar-refractivity contribution >= 4 is 27.8 Å². The van der Waals surface area contributed by atoms with Gasteiger partial charge in [0.1, 0.15) is 0 Å². The molecule has 1 aromatic rings. The van der Waals surface area contributed by atoms with E-state index in [0.717, 1.165) is 49.1 Å². The molecule has 0 bridgehead atoms. The number of ether oxygens (including phenoxy) is 1. The van der Waals surface area contributed by atoms with Crippen LogP contribution in [-0.2, 0) is 0 Å². The highest BCUT2D eigenvalue weighted by atomic mass is 79.9. The Morgan fingerprint density at radius 1 is 1.38 bits per heavy atom. The van der Waals surface area contributed by atoms with Crippen LogP contribution in [0, 0.1) is 5.92 Å². The smallest absolute Gasteiger partial charge is 0.232 e. The standard InChI is InChI=1S/C16H25BrN6O/c1-18-15(19-10-12-4-3-5-12)22-6-8-23(9-7-22)16-20-11-13(17)14(21-16)24-2/h11-12H,3-10H2,1-2H3,(H,18,19). The lowest BCUT2D eigenvalue weighted by Crippen LogP contribution is -2.53. The first kappa shape index (κ1) is 17.3. The van der Waals surface area contributed by atoms with E-state index in [-0.39, 0.29) is 0 Å². The lowest BCUT2D eigenvalue weighted by atomic mass is 9.85. The molecule has 8 heteroatoms. The van der Waals surface area contributed by atoms with Crippen molar-refractivity contribution in [3.05, 3.63) is 10.7 Å². The maximum Gasteiger partial charge on any atom is 0.232 e. The molecular formula is C16H25BrN6O. The highest BCUT2D eigenvalue weighted by Crippen LogP contribution is 2.25. The minimum absolute atomic E-state index is 0.570. The molecule has 1 aliphatic heterocycles. The number of hydrogen-bond acceptors (Lipinski definition) is 5. The van der Waals surface area contributed by atoms with E-state index in [4.69, 9.17) is 4.74 Å². The Kier molecular flexibility index (Phi) is 5.76. The summed E-state index contributed by atoms with van der Waals surface area (Å²) in [6.45, 7) is 4.60. The molecule has 24 heavy (non-hydrogen) atoms. The van der Waals surface area contributed by atoms with Crippen LogP contribution in [0.5, 0.6) is 5.88 Å². The Morgan fingerprint density at radius 3 is 2.71 bits per heavy atom. The molecule has 1 aliphatic carbocycles. The number of hydrogen-bond donors (Lipinski definition) is 1. The van der Waals surface area contributed by atoms with Crippen LogP contribution in [0.2, 0.25) is 0 Å². The molecule has 1 saturated heterocycles. The number of piperazine rings is 1. The summed E-state index contributed by atoms with van der Waals surface area (Å²) in [7, 11) is 3.48. The van der Waals surface area contributed by atoms with Crippen molar-refractivity contribution in [2.45, 2.75) is 19.3 Å². The Balaban J connectivity index is 1.54. The molecule has 1 aromatic heterocycles. The zero-order valence-electron chi connectivity index (χ0n) is 14.3. The molecular weight excluding hydrogens is 372 g/mol. The van der Waals surface area contributed by atoms with Crippen LogP contribution in [0.3, 0.4) is 0 Å². The Morgan fingerprint density at radius 2 is 2.12 bits per heavy atom. The maximum atomic E-state index is 5.26. The molecule has 3 rings (SSSR count). The minimum Gasteiger partial charge on any atom is -0.480 e. The minimum atomic E-state index is 0.570. The summed E-state index contributed by atoms with van der Waals surface area (Å²) in [6.07, 6.45) is 5.81. The number of nitrogens with one attached hydrogen (secondary N) is 1. The summed E-state index contributed by atoms with van der Waals surface area (Å²) < 4.78 is 6.03. The second kappa shape index (κ2) is 8.00. The van der Waals surface area contributed by atoms with Crippen LogP contribution < -0.4 is 15.0 Å². The Bertz CT molecular complexity index is 584. The zero-order valence-corrected chi connectivity index (χ0v) is 15.9. The number of rotatable bonds is 4. The average Bonchev–Trinajstić information content (AvgIpc) is 2.58. The fourth-order valence-electron chi connectivity index (χ4n) is 3.02. The molecule has 2 aliphatic rings. The summed E-state index contributed by atoms with van der Waals surface area (Å²) >= 11 is 3.39. The van der Waals surface area contributed by atoms with Crippen molar-refractivity contribution in [3.8, 4) is 5.88 Å². The van der Waals surface area contributed by atoms with E-state index in [1.807, 2.05) is 7.05 Å². The number of methoxy groups -OCH3 is 1. The molecule has 0 spiro atoms. The highest BCUT2D eigenvalue weighted by molar-refractivity contribution is 9.10. The van der Waals surface area contributed by atoms with Crippen LogP contribution in [0.4, 0.5) is 5.95 Å². The first-order chi connectivity index (χ1) is 11.7. The largest absolute Gasteiger partial charge is 0.480 e. The number of aromatic nitrogens is 2. The molecule has 2 fully saturated rings. The Labute approximate surface area is 151 Å². The van der Waals surface area contributed by atoms with E-state index in [1.165, 1.54) is 19.3 Å². The third-order valence-corrected chi connectivity index (χ3v) is 5.28. The van der Waals surface area contributed by atoms with Crippen molar-refractivity contribution in [1.82, 2.24) is 20.2 Å². The lowest BCUT2D eigenvalue weighted by molar-refractivity contribution is 0.304. The van der Waals surface area contributed by atoms with Gasteiger partial charge in [-0.3, -0.25) is 4.99 Å². The average molecular weight is 397 g/mol. The summed E-state index contributed by atoms with van der Waals surface area (Å²) in [6, 6.07) is 0. The maximum absolute atomic E-state index is 5.26. The van der Waals surface area contributed by atoms with E-state index >= 15 is 0 Å². The van der Waals surface area contributed by atoms with Gasteiger partial charge in [0.05, 0.1) is 17.8 Å². The van der Waals surface area contributed by atoms with Crippen molar-refractivity contribution in [3.63, 3.8) is 0 Å². The fraction of sp³-hybridized carbons (Fsp3) is 0.688. The van der Waals surface area contributed by atoms with Crippen molar-refractivity contribution < 1.29 is 4.74 Å². The first-order valence-corrected chi connectivity index (χ1v) is 9.27. The highest BCUT2D eigenvalue weighted by Gasteiger charge is 2.23. The van der Waals surface area contributed by atoms with Crippen LogP contribution in [0.1, 0.15) is 19.3 Å². The normalized spacial score (nSPS) is 19.2. The number of aliphatic imine (C=N–C) groups is 1. The van der Waals surface area contributed by atoms with Crippen molar-refractivity contribution in [1.29, 1.82) is 0 Å². The van der Waals surface area contributed by atoms with Gasteiger partial charge in [-0.1, -0.05) is 6.42 Å². The molecule has 132 valence electrons. The summed E-state index contributed by atoms with van der Waals surface area (Å²) in [4.78, 5) is 17.8. The molecule has 0 radical (unpaired) electrons. The summed E-state index contributed by atoms with van der Waals surface area (Å²) in [5, 5.41) is 3.52. The van der Waals surface area contributed by atoms with Gasteiger partial charge in [-0.15, -0.1) is 0 Å². The molecule has 0 unspecified atom stereocenters. The predicted octanol–water partition coefficient (Wildman–Crippen LogP) is 1.75. The molecule has 2 heterocycles. The molecule has 0 aromatic carbocycles. The third-order valence-electron chi connectivity index (χ3n) is 4.74. The van der Waals surface area contributed by atoms with Gasteiger partial charge < -0.3 is 19.9 Å². The van der Waals surface area contributed by atoms with E-state index in [1.54, 1.807) is 13.3 Å². The van der Waals surface area contributed by atoms with Gasteiger partial charge >= 0.3 is 0 Å². The van der Waals surface area contributed by atoms with Crippen LogP contribution in [-0.4, -0.2) is 67.7 Å².